The summed E-state index contributed by atoms with van der Waals surface area (Å²) in [5.41, 5.74) is 0.997. The minimum atomic E-state index is -0.496. The Labute approximate surface area is 122 Å². The number of hydrogen-bond acceptors (Lipinski definition) is 4. The van der Waals surface area contributed by atoms with Gasteiger partial charge >= 0.3 is 6.09 Å². The zero-order valence-corrected chi connectivity index (χ0v) is 11.6. The first-order valence-electron chi connectivity index (χ1n) is 7.42. The molecule has 0 radical (unpaired) electrons. The van der Waals surface area contributed by atoms with Crippen LogP contribution in [0.5, 0.6) is 0 Å². The Morgan fingerprint density at radius 3 is 2.71 bits per heavy atom. The topological polar surface area (TPSA) is 55.8 Å². The van der Waals surface area contributed by atoms with Gasteiger partial charge in [0.15, 0.2) is 5.78 Å². The van der Waals surface area contributed by atoms with Crippen molar-refractivity contribution < 1.29 is 19.1 Å². The molecule has 3 aliphatic heterocycles. The van der Waals surface area contributed by atoms with Gasteiger partial charge in [0.25, 0.3) is 0 Å². The first kappa shape index (κ1) is 12.8. The number of nitrogens with zero attached hydrogens (tertiary/aromatic N) is 1. The van der Waals surface area contributed by atoms with Gasteiger partial charge in [0.2, 0.25) is 0 Å². The molecule has 2 bridgehead atoms. The van der Waals surface area contributed by atoms with Gasteiger partial charge in [-0.25, -0.2) is 4.79 Å². The van der Waals surface area contributed by atoms with E-state index in [1.807, 2.05) is 30.3 Å². The summed E-state index contributed by atoms with van der Waals surface area (Å²) in [6.45, 7) is 0.294. The molecule has 1 aromatic rings. The predicted molar refractivity (Wildman–Crippen MR) is 73.7 cm³/mol. The second-order valence-electron chi connectivity index (χ2n) is 5.90. The lowest BCUT2D eigenvalue weighted by molar-refractivity contribution is -0.139. The van der Waals surface area contributed by atoms with Crippen molar-refractivity contribution in [3.8, 4) is 0 Å². The smallest absolute Gasteiger partial charge is 0.411 e. The number of rotatable bonds is 2. The summed E-state index contributed by atoms with van der Waals surface area (Å²) in [4.78, 5) is 26.2. The van der Waals surface area contributed by atoms with Crippen LogP contribution in [-0.4, -0.2) is 41.6 Å². The molecular weight excluding hydrogens is 270 g/mol. The van der Waals surface area contributed by atoms with Gasteiger partial charge in [-0.15, -0.1) is 0 Å². The fourth-order valence-electron chi connectivity index (χ4n) is 3.67. The number of carbonyl (C=O) groups is 2. The normalized spacial score (nSPS) is 35.1. The molecule has 0 N–H and O–H groups in total. The maximum atomic E-state index is 12.4. The van der Waals surface area contributed by atoms with Gasteiger partial charge in [0, 0.05) is 6.42 Å². The van der Waals surface area contributed by atoms with Crippen molar-refractivity contribution in [2.75, 3.05) is 6.61 Å². The van der Waals surface area contributed by atoms with Gasteiger partial charge in [-0.05, 0) is 18.4 Å². The molecule has 3 heterocycles. The summed E-state index contributed by atoms with van der Waals surface area (Å²) in [6.07, 6.45) is 1.63. The van der Waals surface area contributed by atoms with Crippen LogP contribution in [0.2, 0.25) is 0 Å². The molecular formula is C16H17NO4. The van der Waals surface area contributed by atoms with Crippen molar-refractivity contribution in [1.82, 2.24) is 4.90 Å². The second-order valence-corrected chi connectivity index (χ2v) is 5.90. The molecule has 0 aromatic heterocycles. The number of fused-ring (bicyclic) bond motifs is 2. The Kier molecular flexibility index (Phi) is 2.96. The SMILES string of the molecule is O=C1C[C@@H]2CC[C@@H](O2)[C@@H]1N1C(=O)OC[C@H]1c1ccccc1. The van der Waals surface area contributed by atoms with Gasteiger partial charge in [-0.3, -0.25) is 9.69 Å². The number of cyclic esters (lactones) is 1. The molecule has 0 unspecified atom stereocenters. The Bertz CT molecular complexity index is 573. The molecule has 4 atom stereocenters. The van der Waals surface area contributed by atoms with Crippen molar-refractivity contribution in [3.63, 3.8) is 0 Å². The van der Waals surface area contributed by atoms with E-state index >= 15 is 0 Å². The highest BCUT2D eigenvalue weighted by Gasteiger charge is 2.51. The molecule has 3 saturated heterocycles. The van der Waals surface area contributed by atoms with Gasteiger partial charge in [-0.1, -0.05) is 30.3 Å². The fourth-order valence-corrected chi connectivity index (χ4v) is 3.67. The zero-order chi connectivity index (χ0) is 14.4. The third-order valence-corrected chi connectivity index (χ3v) is 4.65. The average Bonchev–Trinajstić information content (AvgIpc) is 3.06. The van der Waals surface area contributed by atoms with Crippen molar-refractivity contribution in [1.29, 1.82) is 0 Å². The summed E-state index contributed by atoms with van der Waals surface area (Å²) >= 11 is 0. The van der Waals surface area contributed by atoms with E-state index in [1.54, 1.807) is 4.90 Å². The molecule has 21 heavy (non-hydrogen) atoms. The van der Waals surface area contributed by atoms with E-state index in [0.29, 0.717) is 13.0 Å². The lowest BCUT2D eigenvalue weighted by Crippen LogP contribution is -2.53. The molecule has 0 spiro atoms. The van der Waals surface area contributed by atoms with E-state index < -0.39 is 12.1 Å². The lowest BCUT2D eigenvalue weighted by atomic mass is 9.97. The predicted octanol–water partition coefficient (Wildman–Crippen LogP) is 2.07. The van der Waals surface area contributed by atoms with Crippen molar-refractivity contribution in [2.45, 2.75) is 43.6 Å². The van der Waals surface area contributed by atoms with Gasteiger partial charge in [0.05, 0.1) is 18.2 Å². The zero-order valence-electron chi connectivity index (χ0n) is 11.6. The van der Waals surface area contributed by atoms with Crippen LogP contribution in [0.25, 0.3) is 0 Å². The van der Waals surface area contributed by atoms with Crippen LogP contribution in [0.4, 0.5) is 4.79 Å². The first-order valence-corrected chi connectivity index (χ1v) is 7.42. The van der Waals surface area contributed by atoms with Crippen LogP contribution < -0.4 is 0 Å². The summed E-state index contributed by atoms with van der Waals surface area (Å²) < 4.78 is 11.1. The minimum Gasteiger partial charge on any atom is -0.447 e. The maximum Gasteiger partial charge on any atom is 0.411 e. The number of amides is 1. The van der Waals surface area contributed by atoms with Crippen LogP contribution in [-0.2, 0) is 14.3 Å². The van der Waals surface area contributed by atoms with Gasteiger partial charge < -0.3 is 9.47 Å². The molecule has 3 fully saturated rings. The molecule has 3 aliphatic rings. The molecule has 1 aromatic carbocycles. The lowest BCUT2D eigenvalue weighted by Gasteiger charge is -2.36. The molecule has 5 heteroatoms. The number of benzene rings is 1. The Morgan fingerprint density at radius 1 is 1.10 bits per heavy atom. The van der Waals surface area contributed by atoms with Crippen molar-refractivity contribution >= 4 is 11.9 Å². The highest BCUT2D eigenvalue weighted by Crippen LogP contribution is 2.39. The summed E-state index contributed by atoms with van der Waals surface area (Å²) in [6, 6.07) is 9.03. The maximum absolute atomic E-state index is 12.4. The van der Waals surface area contributed by atoms with E-state index in [0.717, 1.165) is 18.4 Å². The van der Waals surface area contributed by atoms with Crippen LogP contribution >= 0.6 is 0 Å². The number of ketones is 1. The molecule has 4 rings (SSSR count). The molecule has 5 nitrogen and oxygen atoms in total. The quantitative estimate of drug-likeness (QED) is 0.835. The standard InChI is InChI=1S/C16H17NO4/c18-13-8-11-6-7-14(21-11)15(13)17-12(9-20-16(17)19)10-4-2-1-3-5-10/h1-5,11-12,14-15H,6-9H2/t11-,12-,14+,15+/m0/s1. The Hall–Kier alpha value is -1.88. The van der Waals surface area contributed by atoms with Crippen molar-refractivity contribution in [2.24, 2.45) is 0 Å². The van der Waals surface area contributed by atoms with Gasteiger partial charge in [-0.2, -0.15) is 0 Å². The first-order chi connectivity index (χ1) is 10.2. The van der Waals surface area contributed by atoms with E-state index in [1.165, 1.54) is 0 Å². The Morgan fingerprint density at radius 2 is 1.90 bits per heavy atom. The number of Topliss-reactive ketones (excluding diaryl/α,β-unsaturated/α-hetero) is 1. The summed E-state index contributed by atoms with van der Waals surface area (Å²) in [7, 11) is 0. The highest BCUT2D eigenvalue weighted by atomic mass is 16.6. The van der Waals surface area contributed by atoms with Crippen molar-refractivity contribution in [3.05, 3.63) is 35.9 Å². The number of hydrogen-bond donors (Lipinski definition) is 0. The average molecular weight is 287 g/mol. The fraction of sp³-hybridized carbons (Fsp3) is 0.500. The molecule has 0 aliphatic carbocycles. The molecule has 110 valence electrons. The van der Waals surface area contributed by atoms with E-state index in [-0.39, 0.29) is 24.0 Å². The largest absolute Gasteiger partial charge is 0.447 e. The van der Waals surface area contributed by atoms with Crippen LogP contribution in [0, 0.1) is 0 Å². The second kappa shape index (κ2) is 4.84. The van der Waals surface area contributed by atoms with Crippen LogP contribution in [0.1, 0.15) is 30.9 Å². The monoisotopic (exact) mass is 287 g/mol. The Balaban J connectivity index is 1.68. The number of ether oxygens (including phenoxy) is 2. The summed E-state index contributed by atoms with van der Waals surface area (Å²) in [5, 5.41) is 0. The molecule has 0 saturated carbocycles. The third-order valence-electron chi connectivity index (χ3n) is 4.65. The van der Waals surface area contributed by atoms with Crippen LogP contribution in [0.3, 0.4) is 0 Å². The van der Waals surface area contributed by atoms with E-state index in [2.05, 4.69) is 0 Å². The minimum absolute atomic E-state index is 0.0487. The third kappa shape index (κ3) is 2.03. The van der Waals surface area contributed by atoms with Gasteiger partial charge in [0.1, 0.15) is 12.6 Å². The highest BCUT2D eigenvalue weighted by molar-refractivity contribution is 5.90. The van der Waals surface area contributed by atoms with E-state index in [4.69, 9.17) is 9.47 Å². The molecule has 1 amide bonds. The number of carbonyl (C=O) groups excluding carboxylic acids is 2. The summed E-state index contributed by atoms with van der Waals surface area (Å²) in [5.74, 6) is 0.105. The van der Waals surface area contributed by atoms with E-state index in [9.17, 15) is 9.59 Å². The van der Waals surface area contributed by atoms with Crippen LogP contribution in [0.15, 0.2) is 30.3 Å².